The van der Waals surface area contributed by atoms with Gasteiger partial charge >= 0.3 is 0 Å². The van der Waals surface area contributed by atoms with E-state index >= 15 is 0 Å². The first-order chi connectivity index (χ1) is 16.0. The maximum atomic E-state index is 14.5. The highest BCUT2D eigenvalue weighted by molar-refractivity contribution is 6.05. The van der Waals surface area contributed by atoms with Crippen LogP contribution in [0.5, 0.6) is 0 Å². The number of carbonyl (C=O) groups excluding carboxylic acids is 2. The van der Waals surface area contributed by atoms with Crippen LogP contribution in [0.1, 0.15) is 124 Å². The molecule has 2 amide bonds. The van der Waals surface area contributed by atoms with Crippen LogP contribution >= 0.6 is 0 Å². The molecule has 0 heterocycles. The Morgan fingerprint density at radius 1 is 0.706 bits per heavy atom. The van der Waals surface area contributed by atoms with Crippen molar-refractivity contribution in [2.75, 3.05) is 0 Å². The lowest BCUT2D eigenvalue weighted by molar-refractivity contribution is -0.183. The van der Waals surface area contributed by atoms with Crippen LogP contribution in [0.25, 0.3) is 0 Å². The number of nitrogens with zero attached hydrogens (tertiary/aromatic N) is 1. The standard InChI is InChI=1S/C28H50N2O4/c1-20(2)18-22(27(33)14-7-5-8-15-27)30(25(32)26(24(29)31)12-11-13-26)23(19-21(3)4)28(34)16-9-6-10-17-28/h20-23,33-34H,5-19H2,1-4H3,(H2,29,31). The Labute approximate surface area is 207 Å². The summed E-state index contributed by atoms with van der Waals surface area (Å²) < 4.78 is 0. The van der Waals surface area contributed by atoms with Crippen molar-refractivity contribution < 1.29 is 19.8 Å². The van der Waals surface area contributed by atoms with E-state index < -0.39 is 34.6 Å². The maximum absolute atomic E-state index is 14.5. The van der Waals surface area contributed by atoms with Gasteiger partial charge in [0.2, 0.25) is 11.8 Å². The average molecular weight is 479 g/mol. The molecule has 34 heavy (non-hydrogen) atoms. The molecular weight excluding hydrogens is 428 g/mol. The molecule has 3 aliphatic carbocycles. The molecule has 3 fully saturated rings. The lowest BCUT2D eigenvalue weighted by atomic mass is 9.65. The Bertz CT molecular complexity index is 665. The Kier molecular flexibility index (Phi) is 8.77. The second-order valence-corrected chi connectivity index (χ2v) is 12.6. The molecule has 0 spiro atoms. The van der Waals surface area contributed by atoms with Gasteiger partial charge in [0.25, 0.3) is 0 Å². The third-order valence-corrected chi connectivity index (χ3v) is 9.06. The molecule has 0 saturated heterocycles. The molecular formula is C28H50N2O4. The van der Waals surface area contributed by atoms with Crippen molar-refractivity contribution in [1.82, 2.24) is 4.90 Å². The average Bonchev–Trinajstić information content (AvgIpc) is 2.72. The van der Waals surface area contributed by atoms with Crippen LogP contribution in [-0.4, -0.2) is 50.2 Å². The molecule has 0 bridgehead atoms. The van der Waals surface area contributed by atoms with Crippen LogP contribution in [0.4, 0.5) is 0 Å². The van der Waals surface area contributed by atoms with Gasteiger partial charge < -0.3 is 20.8 Å². The normalized spacial score (nSPS) is 25.4. The molecule has 2 unspecified atom stereocenters. The summed E-state index contributed by atoms with van der Waals surface area (Å²) in [6.45, 7) is 8.51. The quantitative estimate of drug-likeness (QED) is 0.396. The zero-order valence-electron chi connectivity index (χ0n) is 22.2. The first-order valence-electron chi connectivity index (χ1n) is 14.0. The molecule has 0 aromatic heterocycles. The summed E-state index contributed by atoms with van der Waals surface area (Å²) in [5, 5.41) is 24.1. The van der Waals surface area contributed by atoms with E-state index in [1.54, 1.807) is 0 Å². The molecule has 0 aliphatic heterocycles. The minimum absolute atomic E-state index is 0.236. The first-order valence-corrected chi connectivity index (χ1v) is 14.0. The third-order valence-electron chi connectivity index (χ3n) is 9.06. The Morgan fingerprint density at radius 2 is 1.09 bits per heavy atom. The van der Waals surface area contributed by atoms with Gasteiger partial charge in [-0.3, -0.25) is 9.59 Å². The van der Waals surface area contributed by atoms with E-state index in [0.29, 0.717) is 51.4 Å². The van der Waals surface area contributed by atoms with Gasteiger partial charge in [0.1, 0.15) is 5.41 Å². The molecule has 4 N–H and O–H groups in total. The Morgan fingerprint density at radius 3 is 1.35 bits per heavy atom. The van der Waals surface area contributed by atoms with Gasteiger partial charge in [-0.05, 0) is 63.2 Å². The number of carbonyl (C=O) groups is 2. The fraction of sp³-hybridized carbons (Fsp3) is 0.929. The van der Waals surface area contributed by atoms with Crippen LogP contribution < -0.4 is 5.73 Å². The fourth-order valence-electron chi connectivity index (χ4n) is 6.91. The predicted molar refractivity (Wildman–Crippen MR) is 135 cm³/mol. The highest BCUT2D eigenvalue weighted by atomic mass is 16.3. The van der Waals surface area contributed by atoms with Crippen LogP contribution in [0.3, 0.4) is 0 Å². The zero-order chi connectivity index (χ0) is 25.1. The number of amides is 2. The van der Waals surface area contributed by atoms with Crippen molar-refractivity contribution >= 4 is 11.8 Å². The largest absolute Gasteiger partial charge is 0.388 e. The summed E-state index contributed by atoms with van der Waals surface area (Å²) in [4.78, 5) is 29.1. The van der Waals surface area contributed by atoms with E-state index in [-0.39, 0.29) is 17.7 Å². The Balaban J connectivity index is 2.15. The van der Waals surface area contributed by atoms with Gasteiger partial charge in [-0.1, -0.05) is 72.6 Å². The monoisotopic (exact) mass is 478 g/mol. The fourth-order valence-corrected chi connectivity index (χ4v) is 6.91. The van der Waals surface area contributed by atoms with E-state index in [0.717, 1.165) is 44.9 Å². The smallest absolute Gasteiger partial charge is 0.238 e. The molecule has 6 nitrogen and oxygen atoms in total. The predicted octanol–water partition coefficient (Wildman–Crippen LogP) is 4.69. The molecule has 2 atom stereocenters. The minimum atomic E-state index is -1.19. The molecule has 3 aliphatic rings. The summed E-state index contributed by atoms with van der Waals surface area (Å²) in [6, 6.07) is -0.848. The van der Waals surface area contributed by atoms with Crippen molar-refractivity contribution in [3.05, 3.63) is 0 Å². The van der Waals surface area contributed by atoms with Gasteiger partial charge in [-0.15, -0.1) is 0 Å². The summed E-state index contributed by atoms with van der Waals surface area (Å²) in [5.74, 6) is -0.261. The summed E-state index contributed by atoms with van der Waals surface area (Å²) in [6.07, 6.45) is 11.6. The van der Waals surface area contributed by atoms with Crippen molar-refractivity contribution in [3.8, 4) is 0 Å². The van der Waals surface area contributed by atoms with E-state index in [2.05, 4.69) is 27.7 Å². The molecule has 196 valence electrons. The number of nitrogens with two attached hydrogens (primary N) is 1. The van der Waals surface area contributed by atoms with Crippen LogP contribution in [0.15, 0.2) is 0 Å². The molecule has 3 saturated carbocycles. The van der Waals surface area contributed by atoms with Gasteiger partial charge in [-0.25, -0.2) is 0 Å². The molecule has 3 rings (SSSR count). The van der Waals surface area contributed by atoms with Crippen molar-refractivity contribution in [2.45, 2.75) is 147 Å². The van der Waals surface area contributed by atoms with E-state index in [9.17, 15) is 19.8 Å². The lowest BCUT2D eigenvalue weighted by Crippen LogP contribution is -2.69. The lowest BCUT2D eigenvalue weighted by Gasteiger charge is -2.56. The van der Waals surface area contributed by atoms with Gasteiger partial charge in [0, 0.05) is 0 Å². The van der Waals surface area contributed by atoms with E-state index in [1.807, 2.05) is 4.90 Å². The minimum Gasteiger partial charge on any atom is -0.388 e. The number of rotatable bonds is 10. The van der Waals surface area contributed by atoms with Crippen LogP contribution in [0, 0.1) is 17.3 Å². The maximum Gasteiger partial charge on any atom is 0.238 e. The highest BCUT2D eigenvalue weighted by Gasteiger charge is 2.58. The van der Waals surface area contributed by atoms with Gasteiger partial charge in [0.05, 0.1) is 23.3 Å². The summed E-state index contributed by atoms with van der Waals surface area (Å²) >= 11 is 0. The van der Waals surface area contributed by atoms with Gasteiger partial charge in [0.15, 0.2) is 0 Å². The second kappa shape index (κ2) is 10.9. The SMILES string of the molecule is CC(C)CC(N(C(=O)C1(C(N)=O)CCC1)C(CC(C)C)C1(O)CCCCC1)C1(O)CCCCC1. The van der Waals surface area contributed by atoms with E-state index in [1.165, 1.54) is 0 Å². The van der Waals surface area contributed by atoms with Crippen molar-refractivity contribution in [2.24, 2.45) is 23.0 Å². The first kappa shape index (κ1) is 27.4. The Hall–Kier alpha value is -1.14. The highest BCUT2D eigenvalue weighted by Crippen LogP contribution is 2.48. The number of hydrogen-bond acceptors (Lipinski definition) is 4. The molecule has 0 radical (unpaired) electrons. The summed E-state index contributed by atoms with van der Waals surface area (Å²) in [7, 11) is 0. The third kappa shape index (κ3) is 5.48. The molecule has 0 aromatic carbocycles. The number of aliphatic hydroxyl groups is 2. The summed E-state index contributed by atoms with van der Waals surface area (Å²) in [5.41, 5.74) is 2.69. The van der Waals surface area contributed by atoms with Crippen molar-refractivity contribution in [1.29, 1.82) is 0 Å². The van der Waals surface area contributed by atoms with Gasteiger partial charge in [-0.2, -0.15) is 0 Å². The topological polar surface area (TPSA) is 104 Å². The van der Waals surface area contributed by atoms with E-state index in [4.69, 9.17) is 5.73 Å². The molecule has 6 heteroatoms. The second-order valence-electron chi connectivity index (χ2n) is 12.6. The van der Waals surface area contributed by atoms with Crippen molar-refractivity contribution in [3.63, 3.8) is 0 Å². The zero-order valence-corrected chi connectivity index (χ0v) is 22.2. The van der Waals surface area contributed by atoms with Crippen LogP contribution in [0.2, 0.25) is 0 Å². The molecule has 0 aromatic rings. The van der Waals surface area contributed by atoms with Crippen LogP contribution in [-0.2, 0) is 9.59 Å². The number of hydrogen-bond donors (Lipinski definition) is 3. The number of primary amides is 1.